The Balaban J connectivity index is 2.44. The van der Waals surface area contributed by atoms with Gasteiger partial charge in [0, 0.05) is 0 Å². The van der Waals surface area contributed by atoms with Gasteiger partial charge >= 0.3 is 12.1 Å². The predicted octanol–water partition coefficient (Wildman–Crippen LogP) is 3.37. The summed E-state index contributed by atoms with van der Waals surface area (Å²) in [5.41, 5.74) is -2.05. The lowest BCUT2D eigenvalue weighted by Gasteiger charge is -2.08. The standard InChI is InChI=1S/C13H6F4O4/c14-8-2-1-6(13(15,16)17)5-7(8)11(18)9-3-4-10(21-9)12(19)20/h1-5H,(H,19,20). The van der Waals surface area contributed by atoms with E-state index in [1.165, 1.54) is 0 Å². The summed E-state index contributed by atoms with van der Waals surface area (Å²) in [5, 5.41) is 8.63. The monoisotopic (exact) mass is 302 g/mol. The summed E-state index contributed by atoms with van der Waals surface area (Å²) >= 11 is 0. The molecule has 1 aromatic heterocycles. The fraction of sp³-hybridized carbons (Fsp3) is 0.0769. The van der Waals surface area contributed by atoms with Gasteiger partial charge in [0.05, 0.1) is 11.1 Å². The number of hydrogen-bond acceptors (Lipinski definition) is 3. The number of ketones is 1. The van der Waals surface area contributed by atoms with Gasteiger partial charge < -0.3 is 9.52 Å². The zero-order chi connectivity index (χ0) is 15.8. The van der Waals surface area contributed by atoms with Gasteiger partial charge in [-0.05, 0) is 30.3 Å². The molecule has 1 heterocycles. The first-order chi connectivity index (χ1) is 9.70. The molecule has 0 saturated carbocycles. The van der Waals surface area contributed by atoms with Crippen molar-refractivity contribution >= 4 is 11.8 Å². The van der Waals surface area contributed by atoms with Crippen molar-refractivity contribution in [3.63, 3.8) is 0 Å². The van der Waals surface area contributed by atoms with Crippen LogP contribution in [0.5, 0.6) is 0 Å². The van der Waals surface area contributed by atoms with Crippen LogP contribution in [0.2, 0.25) is 0 Å². The summed E-state index contributed by atoms with van der Waals surface area (Å²) < 4.78 is 55.8. The van der Waals surface area contributed by atoms with Crippen LogP contribution in [0, 0.1) is 5.82 Å². The number of carboxylic acids is 1. The van der Waals surface area contributed by atoms with E-state index in [-0.39, 0.29) is 0 Å². The van der Waals surface area contributed by atoms with Crippen molar-refractivity contribution in [2.24, 2.45) is 0 Å². The van der Waals surface area contributed by atoms with Crippen LogP contribution < -0.4 is 0 Å². The molecule has 0 bridgehead atoms. The number of carboxylic acid groups (broad SMARTS) is 1. The van der Waals surface area contributed by atoms with E-state index in [9.17, 15) is 27.2 Å². The number of alkyl halides is 3. The molecule has 4 nitrogen and oxygen atoms in total. The highest BCUT2D eigenvalue weighted by molar-refractivity contribution is 6.07. The smallest absolute Gasteiger partial charge is 0.416 e. The Morgan fingerprint density at radius 2 is 1.67 bits per heavy atom. The van der Waals surface area contributed by atoms with Crippen LogP contribution in [-0.4, -0.2) is 16.9 Å². The average molecular weight is 302 g/mol. The minimum atomic E-state index is -4.74. The minimum Gasteiger partial charge on any atom is -0.475 e. The van der Waals surface area contributed by atoms with Gasteiger partial charge in [-0.15, -0.1) is 0 Å². The number of aromatic carboxylic acids is 1. The van der Waals surface area contributed by atoms with Gasteiger partial charge in [-0.3, -0.25) is 4.79 Å². The quantitative estimate of drug-likeness (QED) is 0.697. The van der Waals surface area contributed by atoms with Crippen molar-refractivity contribution in [2.75, 3.05) is 0 Å². The topological polar surface area (TPSA) is 67.5 Å². The SMILES string of the molecule is O=C(O)c1ccc(C(=O)c2cc(C(F)(F)F)ccc2F)o1. The summed E-state index contributed by atoms with van der Waals surface area (Å²) in [7, 11) is 0. The lowest BCUT2D eigenvalue weighted by atomic mass is 10.0. The molecule has 0 fully saturated rings. The molecule has 8 heteroatoms. The maximum Gasteiger partial charge on any atom is 0.416 e. The Morgan fingerprint density at radius 3 is 2.19 bits per heavy atom. The second kappa shape index (κ2) is 5.04. The number of benzene rings is 1. The lowest BCUT2D eigenvalue weighted by molar-refractivity contribution is -0.137. The highest BCUT2D eigenvalue weighted by Crippen LogP contribution is 2.31. The molecular formula is C13H6F4O4. The summed E-state index contributed by atoms with van der Waals surface area (Å²) in [4.78, 5) is 22.5. The van der Waals surface area contributed by atoms with Gasteiger partial charge in [0.25, 0.3) is 0 Å². The lowest BCUT2D eigenvalue weighted by Crippen LogP contribution is -2.10. The van der Waals surface area contributed by atoms with E-state index >= 15 is 0 Å². The maximum absolute atomic E-state index is 13.5. The van der Waals surface area contributed by atoms with Gasteiger partial charge in [0.1, 0.15) is 5.82 Å². The van der Waals surface area contributed by atoms with Crippen molar-refractivity contribution in [1.29, 1.82) is 0 Å². The summed E-state index contributed by atoms with van der Waals surface area (Å²) in [6, 6.07) is 3.25. The first-order valence-electron chi connectivity index (χ1n) is 5.44. The molecule has 110 valence electrons. The molecule has 1 N–H and O–H groups in total. The predicted molar refractivity (Wildman–Crippen MR) is 60.5 cm³/mol. The molecule has 0 amide bonds. The highest BCUT2D eigenvalue weighted by Gasteiger charge is 2.32. The Morgan fingerprint density at radius 1 is 1.05 bits per heavy atom. The zero-order valence-corrected chi connectivity index (χ0v) is 10.1. The number of carbonyl (C=O) groups is 2. The number of furan rings is 1. The van der Waals surface area contributed by atoms with Gasteiger partial charge in [-0.25, -0.2) is 9.18 Å². The Bertz CT molecular complexity index is 715. The molecule has 0 radical (unpaired) electrons. The summed E-state index contributed by atoms with van der Waals surface area (Å²) in [6.07, 6.45) is -4.74. The van der Waals surface area contributed by atoms with Crippen LogP contribution in [0.15, 0.2) is 34.7 Å². The van der Waals surface area contributed by atoms with E-state index in [0.29, 0.717) is 18.2 Å². The molecule has 0 aliphatic carbocycles. The molecule has 1 aromatic carbocycles. The van der Waals surface area contributed by atoms with E-state index in [4.69, 9.17) is 5.11 Å². The molecule has 21 heavy (non-hydrogen) atoms. The molecule has 0 atom stereocenters. The van der Waals surface area contributed by atoms with Crippen molar-refractivity contribution < 1.29 is 36.7 Å². The average Bonchev–Trinajstić information content (AvgIpc) is 2.86. The molecular weight excluding hydrogens is 296 g/mol. The van der Waals surface area contributed by atoms with Crippen molar-refractivity contribution in [3.05, 3.63) is 58.8 Å². The van der Waals surface area contributed by atoms with Crippen molar-refractivity contribution in [3.8, 4) is 0 Å². The third kappa shape index (κ3) is 2.93. The van der Waals surface area contributed by atoms with Crippen LogP contribution in [0.25, 0.3) is 0 Å². The third-order valence-corrected chi connectivity index (χ3v) is 2.58. The van der Waals surface area contributed by atoms with E-state index < -0.39 is 46.4 Å². The Labute approximate surface area is 114 Å². The van der Waals surface area contributed by atoms with Crippen LogP contribution in [0.3, 0.4) is 0 Å². The van der Waals surface area contributed by atoms with E-state index in [2.05, 4.69) is 4.42 Å². The minimum absolute atomic E-state index is 0.348. The Kier molecular flexibility index (Phi) is 3.54. The fourth-order valence-corrected chi connectivity index (χ4v) is 1.58. The van der Waals surface area contributed by atoms with Crippen molar-refractivity contribution in [2.45, 2.75) is 6.18 Å². The number of rotatable bonds is 3. The van der Waals surface area contributed by atoms with Gasteiger partial charge in [-0.2, -0.15) is 13.2 Å². The third-order valence-electron chi connectivity index (χ3n) is 2.58. The first kappa shape index (κ1) is 14.8. The molecule has 2 rings (SSSR count). The van der Waals surface area contributed by atoms with E-state index in [1.807, 2.05) is 0 Å². The van der Waals surface area contributed by atoms with Crippen LogP contribution in [-0.2, 0) is 6.18 Å². The van der Waals surface area contributed by atoms with Crippen LogP contribution in [0.1, 0.15) is 32.2 Å². The van der Waals surface area contributed by atoms with Crippen LogP contribution >= 0.6 is 0 Å². The second-order valence-electron chi connectivity index (χ2n) is 3.99. The second-order valence-corrected chi connectivity index (χ2v) is 3.99. The van der Waals surface area contributed by atoms with E-state index in [0.717, 1.165) is 12.1 Å². The maximum atomic E-state index is 13.5. The largest absolute Gasteiger partial charge is 0.475 e. The summed E-state index contributed by atoms with van der Waals surface area (Å²) in [5.74, 6) is -4.94. The molecule has 2 aromatic rings. The molecule has 0 unspecified atom stereocenters. The molecule has 0 aliphatic rings. The number of halogens is 4. The highest BCUT2D eigenvalue weighted by atomic mass is 19.4. The Hall–Kier alpha value is -2.64. The number of carbonyl (C=O) groups excluding carboxylic acids is 1. The first-order valence-corrected chi connectivity index (χ1v) is 5.44. The molecule has 0 aliphatic heterocycles. The summed E-state index contributed by atoms with van der Waals surface area (Å²) in [6.45, 7) is 0. The van der Waals surface area contributed by atoms with Gasteiger partial charge in [-0.1, -0.05) is 0 Å². The van der Waals surface area contributed by atoms with E-state index in [1.54, 1.807) is 0 Å². The molecule has 0 spiro atoms. The van der Waals surface area contributed by atoms with Gasteiger partial charge in [0.15, 0.2) is 5.76 Å². The fourth-order valence-electron chi connectivity index (χ4n) is 1.58. The zero-order valence-electron chi connectivity index (χ0n) is 10.1. The van der Waals surface area contributed by atoms with Gasteiger partial charge in [0.2, 0.25) is 11.5 Å². The normalized spacial score (nSPS) is 11.4. The van der Waals surface area contributed by atoms with Crippen LogP contribution in [0.4, 0.5) is 17.6 Å². The number of hydrogen-bond donors (Lipinski definition) is 1. The molecule has 0 saturated heterocycles. The van der Waals surface area contributed by atoms with Crippen molar-refractivity contribution in [1.82, 2.24) is 0 Å².